The number of para-hydroxylation sites is 1. The predicted molar refractivity (Wildman–Crippen MR) is 90.4 cm³/mol. The van der Waals surface area contributed by atoms with E-state index in [1.54, 1.807) is 11.3 Å². The maximum Gasteiger partial charge on any atom is 0.0934 e. The Balaban J connectivity index is 1.81. The molecule has 0 fully saturated rings. The quantitative estimate of drug-likeness (QED) is 0.793. The third kappa shape index (κ3) is 3.42. The summed E-state index contributed by atoms with van der Waals surface area (Å²) in [6.07, 6.45) is 3.53. The fourth-order valence-electron chi connectivity index (χ4n) is 2.86. The van der Waals surface area contributed by atoms with Crippen LogP contribution in [0.15, 0.2) is 30.3 Å². The molecule has 21 heavy (non-hydrogen) atoms. The Hall–Kier alpha value is -1.03. The second kappa shape index (κ2) is 6.82. The number of aryl methyl sites for hydroxylation is 1. The van der Waals surface area contributed by atoms with Crippen LogP contribution in [-0.4, -0.2) is 6.61 Å². The summed E-state index contributed by atoms with van der Waals surface area (Å²) in [4.78, 5) is 1.44. The van der Waals surface area contributed by atoms with Gasteiger partial charge in [-0.05, 0) is 43.9 Å². The van der Waals surface area contributed by atoms with Crippen molar-refractivity contribution in [3.8, 4) is 0 Å². The minimum atomic E-state index is 0.361. The number of benzene rings is 1. The number of hydrogen-bond donors (Lipinski definition) is 1. The van der Waals surface area contributed by atoms with Crippen LogP contribution in [0.1, 0.15) is 41.8 Å². The predicted octanol–water partition coefficient (Wildman–Crippen LogP) is 5.43. The van der Waals surface area contributed by atoms with Crippen LogP contribution < -0.4 is 5.32 Å². The van der Waals surface area contributed by atoms with Crippen molar-refractivity contribution in [3.05, 3.63) is 50.7 Å². The van der Waals surface area contributed by atoms with Crippen molar-refractivity contribution in [2.24, 2.45) is 0 Å². The van der Waals surface area contributed by atoms with E-state index < -0.39 is 0 Å². The van der Waals surface area contributed by atoms with E-state index in [4.69, 9.17) is 16.3 Å². The van der Waals surface area contributed by atoms with Gasteiger partial charge in [0.05, 0.1) is 17.0 Å². The Morgan fingerprint density at radius 2 is 2.24 bits per heavy atom. The van der Waals surface area contributed by atoms with Crippen molar-refractivity contribution < 1.29 is 4.74 Å². The summed E-state index contributed by atoms with van der Waals surface area (Å²) in [5.41, 5.74) is 3.77. The minimum absolute atomic E-state index is 0.361. The molecule has 1 aliphatic rings. The molecule has 4 heteroatoms. The summed E-state index contributed by atoms with van der Waals surface area (Å²) < 4.78 is 6.46. The monoisotopic (exact) mass is 321 g/mol. The van der Waals surface area contributed by atoms with E-state index in [1.807, 2.05) is 6.92 Å². The van der Waals surface area contributed by atoms with Gasteiger partial charge in [-0.1, -0.05) is 29.8 Å². The molecule has 0 amide bonds. The van der Waals surface area contributed by atoms with Gasteiger partial charge in [-0.15, -0.1) is 11.3 Å². The number of thiophene rings is 1. The third-order valence-corrected chi connectivity index (χ3v) is 5.23. The maximum atomic E-state index is 6.19. The van der Waals surface area contributed by atoms with Crippen LogP contribution in [-0.2, 0) is 17.8 Å². The van der Waals surface area contributed by atoms with Crippen LogP contribution in [0.2, 0.25) is 4.34 Å². The molecule has 1 N–H and O–H groups in total. The number of nitrogens with one attached hydrogen (secondary N) is 1. The molecule has 1 heterocycles. The first-order valence-corrected chi connectivity index (χ1v) is 8.67. The van der Waals surface area contributed by atoms with E-state index in [9.17, 15) is 0 Å². The van der Waals surface area contributed by atoms with Crippen LogP contribution in [0, 0.1) is 0 Å². The van der Waals surface area contributed by atoms with Crippen LogP contribution in [0.3, 0.4) is 0 Å². The smallest absolute Gasteiger partial charge is 0.0934 e. The zero-order valence-corrected chi connectivity index (χ0v) is 13.8. The van der Waals surface area contributed by atoms with Gasteiger partial charge < -0.3 is 10.1 Å². The lowest BCUT2D eigenvalue weighted by Gasteiger charge is -2.25. The van der Waals surface area contributed by atoms with Gasteiger partial charge in [0.1, 0.15) is 0 Å². The normalized spacial score (nSPS) is 17.5. The second-order valence-corrected chi connectivity index (χ2v) is 7.08. The summed E-state index contributed by atoms with van der Waals surface area (Å²) in [6, 6.07) is 10.9. The highest BCUT2D eigenvalue weighted by Gasteiger charge is 2.23. The molecular formula is C17H20ClNOS. The molecule has 0 bridgehead atoms. The average Bonchev–Trinajstić information content (AvgIpc) is 2.88. The molecule has 2 aromatic rings. The molecule has 0 spiro atoms. The molecule has 1 aromatic heterocycles. The summed E-state index contributed by atoms with van der Waals surface area (Å²) in [6.45, 7) is 3.42. The molecule has 1 aliphatic carbocycles. The molecule has 1 aromatic carbocycles. The number of anilines is 1. The van der Waals surface area contributed by atoms with E-state index in [2.05, 4.69) is 35.6 Å². The van der Waals surface area contributed by atoms with E-state index >= 15 is 0 Å². The first-order chi connectivity index (χ1) is 10.3. The second-order valence-electron chi connectivity index (χ2n) is 5.31. The lowest BCUT2D eigenvalue weighted by molar-refractivity contribution is 0.134. The van der Waals surface area contributed by atoms with Gasteiger partial charge >= 0.3 is 0 Å². The van der Waals surface area contributed by atoms with Gasteiger partial charge in [0, 0.05) is 22.7 Å². The zero-order chi connectivity index (χ0) is 14.7. The molecule has 2 nitrogen and oxygen atoms in total. The summed E-state index contributed by atoms with van der Waals surface area (Å²) >= 11 is 7.91. The number of fused-ring (bicyclic) bond motifs is 1. The third-order valence-electron chi connectivity index (χ3n) is 3.89. The van der Waals surface area contributed by atoms with Gasteiger partial charge in [-0.2, -0.15) is 0 Å². The molecule has 3 rings (SSSR count). The number of rotatable bonds is 5. The first kappa shape index (κ1) is 14.9. The molecule has 1 unspecified atom stereocenters. The van der Waals surface area contributed by atoms with Crippen molar-refractivity contribution in [1.29, 1.82) is 0 Å². The van der Waals surface area contributed by atoms with Crippen molar-refractivity contribution in [3.63, 3.8) is 0 Å². The number of ether oxygens (including phenoxy) is 1. The largest absolute Gasteiger partial charge is 0.378 e. The van der Waals surface area contributed by atoms with Gasteiger partial charge in [-0.25, -0.2) is 0 Å². The lowest BCUT2D eigenvalue weighted by Crippen LogP contribution is -2.16. The van der Waals surface area contributed by atoms with E-state index in [1.165, 1.54) is 28.1 Å². The fourth-order valence-corrected chi connectivity index (χ4v) is 4.24. The molecule has 0 saturated carbocycles. The number of hydrogen-bond acceptors (Lipinski definition) is 3. The molecule has 1 atom stereocenters. The topological polar surface area (TPSA) is 21.3 Å². The molecule has 0 radical (unpaired) electrons. The Morgan fingerprint density at radius 3 is 3.10 bits per heavy atom. The molecule has 0 saturated heterocycles. The minimum Gasteiger partial charge on any atom is -0.378 e. The van der Waals surface area contributed by atoms with Gasteiger partial charge in [0.15, 0.2) is 0 Å². The van der Waals surface area contributed by atoms with Crippen molar-refractivity contribution in [2.45, 2.75) is 38.8 Å². The zero-order valence-electron chi connectivity index (χ0n) is 12.2. The van der Waals surface area contributed by atoms with E-state index in [-0.39, 0.29) is 0 Å². The van der Waals surface area contributed by atoms with Crippen LogP contribution >= 0.6 is 22.9 Å². The van der Waals surface area contributed by atoms with Crippen LogP contribution in [0.5, 0.6) is 0 Å². The SMILES string of the molecule is CCOCc1ccccc1NC1CCCc2sc(Cl)cc21. The number of halogens is 1. The highest BCUT2D eigenvalue weighted by Crippen LogP contribution is 2.39. The molecule has 0 aliphatic heterocycles. The lowest BCUT2D eigenvalue weighted by atomic mass is 9.93. The van der Waals surface area contributed by atoms with E-state index in [0.717, 1.165) is 23.8 Å². The van der Waals surface area contributed by atoms with Gasteiger partial charge in [-0.3, -0.25) is 0 Å². The standard InChI is InChI=1S/C17H20ClNOS/c1-2-20-11-12-6-3-4-7-14(12)19-15-8-5-9-16-13(15)10-17(18)21-16/h3-4,6-7,10,15,19H,2,5,8-9,11H2,1H3. The van der Waals surface area contributed by atoms with Crippen molar-refractivity contribution >= 4 is 28.6 Å². The maximum absolute atomic E-state index is 6.19. The fraction of sp³-hybridized carbons (Fsp3) is 0.412. The highest BCUT2D eigenvalue weighted by atomic mass is 35.5. The Morgan fingerprint density at radius 1 is 1.38 bits per heavy atom. The summed E-state index contributed by atoms with van der Waals surface area (Å²) in [5, 5.41) is 3.70. The van der Waals surface area contributed by atoms with Crippen LogP contribution in [0.25, 0.3) is 0 Å². The van der Waals surface area contributed by atoms with Crippen molar-refractivity contribution in [1.82, 2.24) is 0 Å². The van der Waals surface area contributed by atoms with Crippen LogP contribution in [0.4, 0.5) is 5.69 Å². The summed E-state index contributed by atoms with van der Waals surface area (Å²) in [7, 11) is 0. The highest BCUT2D eigenvalue weighted by molar-refractivity contribution is 7.16. The molecular weight excluding hydrogens is 302 g/mol. The average molecular weight is 322 g/mol. The van der Waals surface area contributed by atoms with E-state index in [0.29, 0.717) is 12.6 Å². The van der Waals surface area contributed by atoms with Gasteiger partial charge in [0.25, 0.3) is 0 Å². The van der Waals surface area contributed by atoms with Crippen molar-refractivity contribution in [2.75, 3.05) is 11.9 Å². The molecule has 112 valence electrons. The Labute approximate surface area is 135 Å². The first-order valence-electron chi connectivity index (χ1n) is 7.48. The summed E-state index contributed by atoms with van der Waals surface area (Å²) in [5.74, 6) is 0. The Kier molecular flexibility index (Phi) is 4.84. The van der Waals surface area contributed by atoms with Gasteiger partial charge in [0.2, 0.25) is 0 Å². The Bertz CT molecular complexity index is 611.